The topological polar surface area (TPSA) is 107 Å². The van der Waals surface area contributed by atoms with Crippen molar-refractivity contribution in [1.29, 1.82) is 0 Å². The van der Waals surface area contributed by atoms with Crippen molar-refractivity contribution in [3.05, 3.63) is 23.6 Å². The normalized spacial score (nSPS) is 10.6. The van der Waals surface area contributed by atoms with Crippen LogP contribution in [0.5, 0.6) is 0 Å². The van der Waals surface area contributed by atoms with Gasteiger partial charge in [0.05, 0.1) is 12.1 Å². The van der Waals surface area contributed by atoms with E-state index in [0.717, 1.165) is 0 Å². The molecule has 0 aromatic carbocycles. The number of aromatic nitrogens is 5. The number of nitrogens with zero attached hydrogens (tertiary/aromatic N) is 5. The van der Waals surface area contributed by atoms with Crippen molar-refractivity contribution in [1.82, 2.24) is 25.1 Å². The second kappa shape index (κ2) is 4.73. The van der Waals surface area contributed by atoms with Crippen LogP contribution < -0.4 is 0 Å². The predicted octanol–water partition coefficient (Wildman–Crippen LogP) is -0.101. The molecule has 2 aromatic heterocycles. The highest BCUT2D eigenvalue weighted by atomic mass is 16.5. The highest BCUT2D eigenvalue weighted by Crippen LogP contribution is 2.01. The zero-order valence-corrected chi connectivity index (χ0v) is 9.20. The fraction of sp³-hybridized carbons (Fsp3) is 0.444. The fourth-order valence-electron chi connectivity index (χ4n) is 1.29. The first-order chi connectivity index (χ1) is 8.17. The summed E-state index contributed by atoms with van der Waals surface area (Å²) in [5.41, 5.74) is 0.400. The molecule has 0 aliphatic heterocycles. The molecule has 0 atom stereocenters. The van der Waals surface area contributed by atoms with E-state index in [1.165, 1.54) is 4.68 Å². The van der Waals surface area contributed by atoms with Gasteiger partial charge in [0, 0.05) is 12.6 Å². The Balaban J connectivity index is 2.03. The number of hydrogen-bond acceptors (Lipinski definition) is 6. The molecule has 2 heterocycles. The highest BCUT2D eigenvalue weighted by molar-refractivity contribution is 5.69. The van der Waals surface area contributed by atoms with Gasteiger partial charge in [0.1, 0.15) is 6.54 Å². The summed E-state index contributed by atoms with van der Waals surface area (Å²) >= 11 is 0. The Kier molecular flexibility index (Phi) is 3.12. The SMILES string of the molecule is CCc1nc(Cn2cc(CC(=O)O)nn2)no1. The minimum Gasteiger partial charge on any atom is -0.481 e. The number of rotatable bonds is 5. The van der Waals surface area contributed by atoms with Gasteiger partial charge in [-0.25, -0.2) is 4.68 Å². The Labute approximate surface area is 96.2 Å². The van der Waals surface area contributed by atoms with Crippen LogP contribution >= 0.6 is 0 Å². The first-order valence-corrected chi connectivity index (χ1v) is 5.09. The van der Waals surface area contributed by atoms with Gasteiger partial charge in [-0.3, -0.25) is 4.79 Å². The molecule has 0 saturated heterocycles. The van der Waals surface area contributed by atoms with E-state index < -0.39 is 5.97 Å². The molecule has 8 heteroatoms. The van der Waals surface area contributed by atoms with Crippen molar-refractivity contribution in [2.24, 2.45) is 0 Å². The molecular formula is C9H11N5O3. The molecule has 0 bridgehead atoms. The zero-order valence-electron chi connectivity index (χ0n) is 9.20. The van der Waals surface area contributed by atoms with Crippen molar-refractivity contribution in [3.8, 4) is 0 Å². The van der Waals surface area contributed by atoms with Gasteiger partial charge in [-0.15, -0.1) is 5.10 Å². The molecule has 0 radical (unpaired) electrons. The molecule has 0 aliphatic carbocycles. The summed E-state index contributed by atoms with van der Waals surface area (Å²) in [7, 11) is 0. The van der Waals surface area contributed by atoms with Crippen LogP contribution in [0.15, 0.2) is 10.7 Å². The molecule has 17 heavy (non-hydrogen) atoms. The number of hydrogen-bond donors (Lipinski definition) is 1. The van der Waals surface area contributed by atoms with Crippen LogP contribution in [0, 0.1) is 0 Å². The van der Waals surface area contributed by atoms with Gasteiger partial charge in [-0.2, -0.15) is 4.98 Å². The van der Waals surface area contributed by atoms with Gasteiger partial charge in [0.25, 0.3) is 0 Å². The molecule has 0 fully saturated rings. The molecule has 1 N–H and O–H groups in total. The van der Waals surface area contributed by atoms with Crippen molar-refractivity contribution in [2.45, 2.75) is 26.3 Å². The molecule has 2 aromatic rings. The lowest BCUT2D eigenvalue weighted by Crippen LogP contribution is -2.02. The Morgan fingerprint density at radius 1 is 1.59 bits per heavy atom. The molecule has 0 spiro atoms. The standard InChI is InChI=1S/C9H11N5O3/c1-2-8-10-7(12-17-8)5-14-4-6(11-13-14)3-9(15)16/h4H,2-3,5H2,1H3,(H,15,16). The third kappa shape index (κ3) is 2.86. The van der Waals surface area contributed by atoms with Crippen LogP contribution in [0.1, 0.15) is 24.3 Å². The average Bonchev–Trinajstić information content (AvgIpc) is 2.88. The summed E-state index contributed by atoms with van der Waals surface area (Å²) in [6.07, 6.45) is 2.08. The van der Waals surface area contributed by atoms with E-state index in [2.05, 4.69) is 20.5 Å². The second-order valence-corrected chi connectivity index (χ2v) is 3.44. The van der Waals surface area contributed by atoms with Gasteiger partial charge >= 0.3 is 5.97 Å². The van der Waals surface area contributed by atoms with E-state index >= 15 is 0 Å². The van der Waals surface area contributed by atoms with E-state index in [1.54, 1.807) is 6.20 Å². The zero-order chi connectivity index (χ0) is 12.3. The van der Waals surface area contributed by atoms with E-state index in [1.807, 2.05) is 6.92 Å². The molecule has 0 amide bonds. The summed E-state index contributed by atoms with van der Waals surface area (Å²) in [4.78, 5) is 14.6. The Morgan fingerprint density at radius 2 is 2.41 bits per heavy atom. The summed E-state index contributed by atoms with van der Waals surface area (Å²) < 4.78 is 6.42. The van der Waals surface area contributed by atoms with Crippen LogP contribution in [0.4, 0.5) is 0 Å². The molecular weight excluding hydrogens is 226 g/mol. The van der Waals surface area contributed by atoms with Gasteiger partial charge in [0.2, 0.25) is 5.89 Å². The lowest BCUT2D eigenvalue weighted by Gasteiger charge is -1.92. The summed E-state index contributed by atoms with van der Waals surface area (Å²) in [6.45, 7) is 2.23. The third-order valence-corrected chi connectivity index (χ3v) is 2.03. The van der Waals surface area contributed by atoms with Crippen molar-refractivity contribution in [3.63, 3.8) is 0 Å². The lowest BCUT2D eigenvalue weighted by molar-refractivity contribution is -0.136. The molecule has 0 unspecified atom stereocenters. The number of aliphatic carboxylic acids is 1. The van der Waals surface area contributed by atoms with Crippen LogP contribution in [-0.2, 0) is 24.2 Å². The summed E-state index contributed by atoms with van der Waals surface area (Å²) in [5, 5.41) is 19.9. The van der Waals surface area contributed by atoms with Crippen LogP contribution in [0.2, 0.25) is 0 Å². The first kappa shape index (κ1) is 11.2. The van der Waals surface area contributed by atoms with Crippen LogP contribution in [0.3, 0.4) is 0 Å². The van der Waals surface area contributed by atoms with Crippen LogP contribution in [-0.4, -0.2) is 36.2 Å². The quantitative estimate of drug-likeness (QED) is 0.773. The molecule has 8 nitrogen and oxygen atoms in total. The van der Waals surface area contributed by atoms with E-state index in [-0.39, 0.29) is 6.42 Å². The molecule has 0 saturated carbocycles. The van der Waals surface area contributed by atoms with Crippen molar-refractivity contribution >= 4 is 5.97 Å². The van der Waals surface area contributed by atoms with Gasteiger partial charge < -0.3 is 9.63 Å². The Morgan fingerprint density at radius 3 is 3.06 bits per heavy atom. The van der Waals surface area contributed by atoms with Crippen molar-refractivity contribution in [2.75, 3.05) is 0 Å². The molecule has 2 rings (SSSR count). The van der Waals surface area contributed by atoms with Gasteiger partial charge in [-0.05, 0) is 0 Å². The van der Waals surface area contributed by atoms with E-state index in [9.17, 15) is 4.79 Å². The summed E-state index contributed by atoms with van der Waals surface area (Å²) in [6, 6.07) is 0. The maximum absolute atomic E-state index is 10.5. The largest absolute Gasteiger partial charge is 0.481 e. The van der Waals surface area contributed by atoms with E-state index in [0.29, 0.717) is 30.4 Å². The Hall–Kier alpha value is -2.25. The number of carboxylic acid groups (broad SMARTS) is 1. The third-order valence-electron chi connectivity index (χ3n) is 2.03. The minimum atomic E-state index is -0.940. The lowest BCUT2D eigenvalue weighted by atomic mass is 10.3. The average molecular weight is 237 g/mol. The number of aryl methyl sites for hydroxylation is 1. The fourth-order valence-corrected chi connectivity index (χ4v) is 1.29. The number of carbonyl (C=O) groups is 1. The minimum absolute atomic E-state index is 0.146. The maximum atomic E-state index is 10.5. The van der Waals surface area contributed by atoms with Crippen LogP contribution in [0.25, 0.3) is 0 Å². The predicted molar refractivity (Wildman–Crippen MR) is 54.1 cm³/mol. The smallest absolute Gasteiger partial charge is 0.309 e. The Bertz CT molecular complexity index is 518. The highest BCUT2D eigenvalue weighted by Gasteiger charge is 2.09. The molecule has 90 valence electrons. The van der Waals surface area contributed by atoms with Gasteiger partial charge in [-0.1, -0.05) is 17.3 Å². The van der Waals surface area contributed by atoms with Crippen molar-refractivity contribution < 1.29 is 14.4 Å². The monoisotopic (exact) mass is 237 g/mol. The van der Waals surface area contributed by atoms with Gasteiger partial charge in [0.15, 0.2) is 5.82 Å². The first-order valence-electron chi connectivity index (χ1n) is 5.09. The molecule has 0 aliphatic rings. The maximum Gasteiger partial charge on any atom is 0.309 e. The number of carboxylic acids is 1. The summed E-state index contributed by atoms with van der Waals surface area (Å²) in [5.74, 6) is 0.115. The second-order valence-electron chi connectivity index (χ2n) is 3.44. The van der Waals surface area contributed by atoms with E-state index in [4.69, 9.17) is 9.63 Å².